The maximum atomic E-state index is 13.9. The molecule has 1 atom stereocenters. The molecule has 0 saturated carbocycles. The molecule has 3 heterocycles. The van der Waals surface area contributed by atoms with E-state index in [2.05, 4.69) is 16.6 Å². The number of nitrogens with zero attached hydrogens (tertiary/aromatic N) is 3. The Morgan fingerprint density at radius 3 is 2.76 bits per heavy atom. The van der Waals surface area contributed by atoms with E-state index in [0.29, 0.717) is 17.5 Å². The number of fused-ring (bicyclic) bond motifs is 1. The van der Waals surface area contributed by atoms with Crippen LogP contribution in [0, 0.1) is 5.82 Å². The minimum absolute atomic E-state index is 0.00418. The first kappa shape index (κ1) is 22.4. The molecule has 2 aliphatic rings. The molecule has 178 valence electrons. The standard InChI is InChI=1S/C26H29FN4O3/c1-17-6-7-23-24(31(17)26(32)33-2)9-8-22(25(23)34-21-5-3-4-19(27)14-21)18-15-29-30(16-18)20-10-12-28-13-11-20/h3-5,8-9,14-17,20,28H,6-7,10-13H2,1-2H3/t17-/m0/s1. The Kier molecular flexibility index (Phi) is 6.24. The zero-order valence-electron chi connectivity index (χ0n) is 19.5. The summed E-state index contributed by atoms with van der Waals surface area (Å²) in [5.74, 6) is 0.657. The molecular weight excluding hydrogens is 435 g/mol. The number of amides is 1. The summed E-state index contributed by atoms with van der Waals surface area (Å²) < 4.78 is 27.4. The smallest absolute Gasteiger partial charge is 0.414 e. The molecule has 0 radical (unpaired) electrons. The molecule has 0 unspecified atom stereocenters. The number of aromatic nitrogens is 2. The van der Waals surface area contributed by atoms with Gasteiger partial charge in [0.05, 0.1) is 25.0 Å². The van der Waals surface area contributed by atoms with E-state index in [9.17, 15) is 9.18 Å². The van der Waals surface area contributed by atoms with E-state index in [4.69, 9.17) is 9.47 Å². The second kappa shape index (κ2) is 9.46. The minimum Gasteiger partial charge on any atom is -0.456 e. The number of carbonyl (C=O) groups excluding carboxylic acids is 1. The van der Waals surface area contributed by atoms with Crippen LogP contribution in [0.3, 0.4) is 0 Å². The predicted molar refractivity (Wildman–Crippen MR) is 128 cm³/mol. The van der Waals surface area contributed by atoms with Crippen LogP contribution in [0.4, 0.5) is 14.9 Å². The van der Waals surface area contributed by atoms with Gasteiger partial charge in [-0.2, -0.15) is 5.10 Å². The lowest BCUT2D eigenvalue weighted by Gasteiger charge is -2.35. The predicted octanol–water partition coefficient (Wildman–Crippen LogP) is 5.31. The van der Waals surface area contributed by atoms with Gasteiger partial charge in [-0.25, -0.2) is 9.18 Å². The van der Waals surface area contributed by atoms with Crippen LogP contribution in [0.2, 0.25) is 0 Å². The SMILES string of the molecule is COC(=O)N1c2ccc(-c3cnn(C4CCNCC4)c3)c(Oc3cccc(F)c3)c2CC[C@@H]1C. The summed E-state index contributed by atoms with van der Waals surface area (Å²) in [6.45, 7) is 3.96. The largest absolute Gasteiger partial charge is 0.456 e. The Labute approximate surface area is 198 Å². The molecule has 34 heavy (non-hydrogen) atoms. The molecule has 1 fully saturated rings. The third-order valence-electron chi connectivity index (χ3n) is 6.73. The first-order chi connectivity index (χ1) is 16.5. The zero-order valence-corrected chi connectivity index (χ0v) is 19.5. The van der Waals surface area contributed by atoms with Gasteiger partial charge >= 0.3 is 6.09 Å². The summed E-state index contributed by atoms with van der Waals surface area (Å²) in [5, 5.41) is 8.03. The molecule has 3 aromatic rings. The van der Waals surface area contributed by atoms with E-state index >= 15 is 0 Å². The van der Waals surface area contributed by atoms with E-state index in [0.717, 1.165) is 61.2 Å². The third kappa shape index (κ3) is 4.25. The maximum absolute atomic E-state index is 13.9. The number of ether oxygens (including phenoxy) is 2. The summed E-state index contributed by atoms with van der Waals surface area (Å²) in [5.41, 5.74) is 3.45. The lowest BCUT2D eigenvalue weighted by molar-refractivity contribution is 0.175. The Balaban J connectivity index is 1.60. The molecule has 2 aliphatic heterocycles. The van der Waals surface area contributed by atoms with Crippen molar-refractivity contribution >= 4 is 11.8 Å². The van der Waals surface area contributed by atoms with Crippen molar-refractivity contribution in [2.45, 2.75) is 44.7 Å². The number of anilines is 1. The number of hydrogen-bond acceptors (Lipinski definition) is 5. The molecule has 5 rings (SSSR count). The van der Waals surface area contributed by atoms with Gasteiger partial charge < -0.3 is 14.8 Å². The molecule has 1 saturated heterocycles. The van der Waals surface area contributed by atoms with Crippen LogP contribution in [0.25, 0.3) is 11.1 Å². The van der Waals surface area contributed by atoms with Crippen LogP contribution in [-0.2, 0) is 11.2 Å². The van der Waals surface area contributed by atoms with Crippen molar-refractivity contribution in [2.75, 3.05) is 25.1 Å². The average molecular weight is 465 g/mol. The topological polar surface area (TPSA) is 68.6 Å². The van der Waals surface area contributed by atoms with Gasteiger partial charge in [-0.3, -0.25) is 9.58 Å². The first-order valence-electron chi connectivity index (χ1n) is 11.8. The molecule has 8 heteroatoms. The van der Waals surface area contributed by atoms with Crippen molar-refractivity contribution in [1.29, 1.82) is 0 Å². The van der Waals surface area contributed by atoms with Crippen molar-refractivity contribution in [3.05, 3.63) is 60.2 Å². The number of rotatable bonds is 4. The van der Waals surface area contributed by atoms with Gasteiger partial charge in [-0.15, -0.1) is 0 Å². The molecule has 1 N–H and O–H groups in total. The number of hydrogen-bond donors (Lipinski definition) is 1. The Bertz CT molecular complexity index is 1190. The fourth-order valence-electron chi connectivity index (χ4n) is 4.92. The van der Waals surface area contributed by atoms with E-state index in [1.807, 2.05) is 29.9 Å². The van der Waals surface area contributed by atoms with E-state index in [1.165, 1.54) is 19.2 Å². The highest BCUT2D eigenvalue weighted by Gasteiger charge is 2.32. The molecule has 0 spiro atoms. The summed E-state index contributed by atoms with van der Waals surface area (Å²) in [6, 6.07) is 10.4. The van der Waals surface area contributed by atoms with E-state index in [-0.39, 0.29) is 11.9 Å². The lowest BCUT2D eigenvalue weighted by Crippen LogP contribution is -2.42. The number of halogens is 1. The van der Waals surface area contributed by atoms with Gasteiger partial charge in [0.15, 0.2) is 0 Å². The monoisotopic (exact) mass is 464 g/mol. The second-order valence-corrected chi connectivity index (χ2v) is 8.92. The molecule has 2 aromatic carbocycles. The Morgan fingerprint density at radius 1 is 1.18 bits per heavy atom. The molecule has 1 aromatic heterocycles. The Morgan fingerprint density at radius 2 is 2.00 bits per heavy atom. The fourth-order valence-corrected chi connectivity index (χ4v) is 4.92. The highest BCUT2D eigenvalue weighted by Crippen LogP contribution is 2.45. The molecule has 1 amide bonds. The molecule has 0 bridgehead atoms. The number of methoxy groups -OCH3 is 1. The normalized spacial score (nSPS) is 18.4. The van der Waals surface area contributed by atoms with Crippen molar-refractivity contribution in [3.63, 3.8) is 0 Å². The van der Waals surface area contributed by atoms with Crippen LogP contribution < -0.4 is 15.0 Å². The van der Waals surface area contributed by atoms with Crippen LogP contribution in [0.1, 0.15) is 37.8 Å². The van der Waals surface area contributed by atoms with Gasteiger partial charge in [0.1, 0.15) is 17.3 Å². The number of carbonyl (C=O) groups is 1. The highest BCUT2D eigenvalue weighted by molar-refractivity contribution is 5.92. The van der Waals surface area contributed by atoms with Crippen molar-refractivity contribution in [1.82, 2.24) is 15.1 Å². The minimum atomic E-state index is -0.406. The van der Waals surface area contributed by atoms with Crippen LogP contribution >= 0.6 is 0 Å². The summed E-state index contributed by atoms with van der Waals surface area (Å²) in [7, 11) is 1.39. The van der Waals surface area contributed by atoms with Crippen molar-refractivity contribution in [3.8, 4) is 22.6 Å². The lowest BCUT2D eigenvalue weighted by atomic mass is 9.92. The van der Waals surface area contributed by atoms with Gasteiger partial charge in [0, 0.05) is 35.0 Å². The fraction of sp³-hybridized carbons (Fsp3) is 0.385. The quantitative estimate of drug-likeness (QED) is 0.567. The van der Waals surface area contributed by atoms with Crippen LogP contribution in [0.5, 0.6) is 11.5 Å². The van der Waals surface area contributed by atoms with Crippen LogP contribution in [-0.4, -0.2) is 42.1 Å². The molecular formula is C26H29FN4O3. The third-order valence-corrected chi connectivity index (χ3v) is 6.73. The van der Waals surface area contributed by atoms with Crippen molar-refractivity contribution < 1.29 is 18.7 Å². The van der Waals surface area contributed by atoms with E-state index in [1.54, 1.807) is 17.0 Å². The average Bonchev–Trinajstić information content (AvgIpc) is 3.34. The van der Waals surface area contributed by atoms with Gasteiger partial charge in [0.25, 0.3) is 0 Å². The van der Waals surface area contributed by atoms with Gasteiger partial charge in [-0.1, -0.05) is 6.07 Å². The number of piperidine rings is 1. The van der Waals surface area contributed by atoms with Crippen LogP contribution in [0.15, 0.2) is 48.8 Å². The summed E-state index contributed by atoms with van der Waals surface area (Å²) in [6.07, 6.45) is 7.06. The number of nitrogens with one attached hydrogen (secondary N) is 1. The van der Waals surface area contributed by atoms with Gasteiger partial charge in [0.2, 0.25) is 0 Å². The number of benzene rings is 2. The molecule has 0 aliphatic carbocycles. The first-order valence-corrected chi connectivity index (χ1v) is 11.8. The summed E-state index contributed by atoms with van der Waals surface area (Å²) in [4.78, 5) is 14.2. The Hall–Kier alpha value is -3.39. The van der Waals surface area contributed by atoms with E-state index < -0.39 is 6.09 Å². The zero-order chi connectivity index (χ0) is 23.7. The van der Waals surface area contributed by atoms with Crippen molar-refractivity contribution in [2.24, 2.45) is 0 Å². The molecule has 7 nitrogen and oxygen atoms in total. The summed E-state index contributed by atoms with van der Waals surface area (Å²) >= 11 is 0. The highest BCUT2D eigenvalue weighted by atomic mass is 19.1. The maximum Gasteiger partial charge on any atom is 0.414 e. The van der Waals surface area contributed by atoms with Gasteiger partial charge in [-0.05, 0) is 70.0 Å². The second-order valence-electron chi connectivity index (χ2n) is 8.92.